The zero-order valence-electron chi connectivity index (χ0n) is 18.9. The first kappa shape index (κ1) is 28.0. The zero-order chi connectivity index (χ0) is 21.9. The van der Waals surface area contributed by atoms with Gasteiger partial charge in [-0.05, 0) is 51.8 Å². The molecule has 0 saturated carbocycles. The van der Waals surface area contributed by atoms with Crippen molar-refractivity contribution in [1.82, 2.24) is 20.9 Å². The molecule has 9 heteroatoms. The van der Waals surface area contributed by atoms with Crippen molar-refractivity contribution < 1.29 is 14.3 Å². The fourth-order valence-corrected chi connectivity index (χ4v) is 2.42. The van der Waals surface area contributed by atoms with Crippen LogP contribution in [-0.4, -0.2) is 68.7 Å². The molecule has 0 aliphatic heterocycles. The number of hydrogen-bond donors (Lipinski definition) is 3. The van der Waals surface area contributed by atoms with Gasteiger partial charge in [-0.3, -0.25) is 9.79 Å². The maximum absolute atomic E-state index is 12.1. The Morgan fingerprint density at radius 3 is 2.37 bits per heavy atom. The minimum absolute atomic E-state index is 0. The summed E-state index contributed by atoms with van der Waals surface area (Å²) in [7, 11) is 3.48. The summed E-state index contributed by atoms with van der Waals surface area (Å²) in [6.45, 7) is 9.73. The Bertz CT molecular complexity index is 702. The summed E-state index contributed by atoms with van der Waals surface area (Å²) in [5.74, 6) is 0.668. The Balaban J connectivity index is 0.00000841. The molecule has 0 aliphatic carbocycles. The van der Waals surface area contributed by atoms with Crippen molar-refractivity contribution in [1.29, 1.82) is 0 Å². The van der Waals surface area contributed by atoms with Gasteiger partial charge in [-0.2, -0.15) is 0 Å². The van der Waals surface area contributed by atoms with E-state index < -0.39 is 11.7 Å². The van der Waals surface area contributed by atoms with Gasteiger partial charge in [0.1, 0.15) is 5.60 Å². The summed E-state index contributed by atoms with van der Waals surface area (Å²) in [5, 5.41) is 9.05. The van der Waals surface area contributed by atoms with Crippen LogP contribution in [0.5, 0.6) is 0 Å². The molecule has 0 unspecified atom stereocenters. The lowest BCUT2D eigenvalue weighted by atomic mass is 10.1. The third kappa shape index (κ3) is 11.8. The molecule has 0 bridgehead atoms. The summed E-state index contributed by atoms with van der Waals surface area (Å²) in [4.78, 5) is 29.8. The number of guanidine groups is 1. The van der Waals surface area contributed by atoms with E-state index >= 15 is 0 Å². The van der Waals surface area contributed by atoms with Crippen LogP contribution in [0.25, 0.3) is 0 Å². The third-order valence-corrected chi connectivity index (χ3v) is 3.68. The highest BCUT2D eigenvalue weighted by Crippen LogP contribution is 2.08. The van der Waals surface area contributed by atoms with Crippen molar-refractivity contribution in [3.63, 3.8) is 0 Å². The molecule has 2 amide bonds. The summed E-state index contributed by atoms with van der Waals surface area (Å²) in [5.41, 5.74) is 1.22. The quantitative estimate of drug-likeness (QED) is 0.207. The smallest absolute Gasteiger partial charge is 0.407 e. The van der Waals surface area contributed by atoms with Gasteiger partial charge in [-0.25, -0.2) is 4.79 Å². The number of carbonyl (C=O) groups excluding carboxylic acids is 2. The first-order chi connectivity index (χ1) is 13.6. The lowest BCUT2D eigenvalue weighted by Gasteiger charge is -2.19. The SMILES string of the molecule is CCNC(=NCCc1cccc(C(=O)N(C)C)c1)NCCNC(=O)OC(C)(C)C.I. The molecule has 1 aromatic rings. The van der Waals surface area contributed by atoms with E-state index in [0.29, 0.717) is 31.2 Å². The molecule has 0 saturated heterocycles. The van der Waals surface area contributed by atoms with Crippen molar-refractivity contribution in [2.45, 2.75) is 39.7 Å². The molecular weight excluding hydrogens is 497 g/mol. The number of halogens is 1. The molecule has 0 aromatic heterocycles. The number of amides is 2. The predicted octanol–water partition coefficient (Wildman–Crippen LogP) is 2.63. The van der Waals surface area contributed by atoms with Crippen LogP contribution in [-0.2, 0) is 11.2 Å². The average molecular weight is 533 g/mol. The predicted molar refractivity (Wildman–Crippen MR) is 132 cm³/mol. The lowest BCUT2D eigenvalue weighted by Crippen LogP contribution is -2.42. The van der Waals surface area contributed by atoms with Crippen LogP contribution in [0.3, 0.4) is 0 Å². The molecule has 1 aromatic carbocycles. The molecule has 3 N–H and O–H groups in total. The van der Waals surface area contributed by atoms with Gasteiger partial charge in [0.15, 0.2) is 5.96 Å². The van der Waals surface area contributed by atoms with Crippen LogP contribution in [0.1, 0.15) is 43.6 Å². The number of rotatable bonds is 8. The second kappa shape index (κ2) is 14.1. The number of hydrogen-bond acceptors (Lipinski definition) is 4. The summed E-state index contributed by atoms with van der Waals surface area (Å²) >= 11 is 0. The van der Waals surface area contributed by atoms with Crippen LogP contribution in [0.4, 0.5) is 4.79 Å². The van der Waals surface area contributed by atoms with E-state index in [0.717, 1.165) is 18.5 Å². The number of nitrogens with one attached hydrogen (secondary N) is 3. The van der Waals surface area contributed by atoms with Crippen LogP contribution in [0.15, 0.2) is 29.3 Å². The molecule has 30 heavy (non-hydrogen) atoms. The van der Waals surface area contributed by atoms with Gasteiger partial charge in [0, 0.05) is 45.8 Å². The maximum Gasteiger partial charge on any atom is 0.407 e. The Hall–Kier alpha value is -2.04. The molecule has 0 radical (unpaired) electrons. The van der Waals surface area contributed by atoms with Crippen LogP contribution in [0, 0.1) is 0 Å². The highest BCUT2D eigenvalue weighted by molar-refractivity contribution is 14.0. The van der Waals surface area contributed by atoms with E-state index in [1.54, 1.807) is 19.0 Å². The average Bonchev–Trinajstić information content (AvgIpc) is 2.63. The van der Waals surface area contributed by atoms with Gasteiger partial charge < -0.3 is 25.6 Å². The zero-order valence-corrected chi connectivity index (χ0v) is 21.2. The van der Waals surface area contributed by atoms with Crippen LogP contribution in [0.2, 0.25) is 0 Å². The minimum Gasteiger partial charge on any atom is -0.444 e. The maximum atomic E-state index is 12.1. The molecule has 0 aliphatic rings. The van der Waals surface area contributed by atoms with Crippen molar-refractivity contribution >= 4 is 41.9 Å². The standard InChI is InChI=1S/C21H35N5O3.HI/c1-7-22-19(24-13-14-25-20(28)29-21(2,3)4)23-12-11-16-9-8-10-17(15-16)18(27)26(5)6;/h8-10,15H,7,11-14H2,1-6H3,(H,25,28)(H2,22,23,24);1H. The normalized spacial score (nSPS) is 11.2. The molecular formula is C21H36IN5O3. The summed E-state index contributed by atoms with van der Waals surface area (Å²) in [6, 6.07) is 7.61. The van der Waals surface area contributed by atoms with Crippen LogP contribution < -0.4 is 16.0 Å². The highest BCUT2D eigenvalue weighted by atomic mass is 127. The third-order valence-electron chi connectivity index (χ3n) is 3.68. The Labute approximate surface area is 197 Å². The fraction of sp³-hybridized carbons (Fsp3) is 0.571. The second-order valence-corrected chi connectivity index (χ2v) is 7.77. The van der Waals surface area contributed by atoms with Gasteiger partial charge in [0.25, 0.3) is 5.91 Å². The first-order valence-corrected chi connectivity index (χ1v) is 9.92. The van der Waals surface area contributed by atoms with Gasteiger partial charge in [-0.1, -0.05) is 12.1 Å². The molecule has 1 rings (SSSR count). The van der Waals surface area contributed by atoms with Crippen molar-refractivity contribution in [3.8, 4) is 0 Å². The monoisotopic (exact) mass is 533 g/mol. The van der Waals surface area contributed by atoms with Gasteiger partial charge in [0.05, 0.1) is 0 Å². The van der Waals surface area contributed by atoms with Gasteiger partial charge >= 0.3 is 6.09 Å². The van der Waals surface area contributed by atoms with Crippen LogP contribution >= 0.6 is 24.0 Å². The van der Waals surface area contributed by atoms with E-state index in [2.05, 4.69) is 20.9 Å². The molecule has 0 atom stereocenters. The number of nitrogens with zero attached hydrogens (tertiary/aromatic N) is 2. The largest absolute Gasteiger partial charge is 0.444 e. The lowest BCUT2D eigenvalue weighted by molar-refractivity contribution is 0.0528. The first-order valence-electron chi connectivity index (χ1n) is 9.92. The minimum atomic E-state index is -0.512. The van der Waals surface area contributed by atoms with E-state index in [1.807, 2.05) is 52.0 Å². The molecule has 170 valence electrons. The number of alkyl carbamates (subject to hydrolysis) is 1. The topological polar surface area (TPSA) is 95.1 Å². The van der Waals surface area contributed by atoms with Crippen molar-refractivity contribution in [2.24, 2.45) is 4.99 Å². The van der Waals surface area contributed by atoms with Crippen molar-refractivity contribution in [2.75, 3.05) is 40.3 Å². The highest BCUT2D eigenvalue weighted by Gasteiger charge is 2.15. The Kier molecular flexibility index (Phi) is 13.1. The molecule has 0 heterocycles. The van der Waals surface area contributed by atoms with E-state index in [9.17, 15) is 9.59 Å². The Morgan fingerprint density at radius 1 is 1.10 bits per heavy atom. The van der Waals surface area contributed by atoms with E-state index in [-0.39, 0.29) is 29.9 Å². The van der Waals surface area contributed by atoms with Gasteiger partial charge in [-0.15, -0.1) is 24.0 Å². The summed E-state index contributed by atoms with van der Waals surface area (Å²) < 4.78 is 5.20. The molecule has 0 fully saturated rings. The number of benzene rings is 1. The molecule has 8 nitrogen and oxygen atoms in total. The Morgan fingerprint density at radius 2 is 1.77 bits per heavy atom. The van der Waals surface area contributed by atoms with E-state index in [4.69, 9.17) is 4.74 Å². The van der Waals surface area contributed by atoms with Crippen molar-refractivity contribution in [3.05, 3.63) is 35.4 Å². The molecule has 0 spiro atoms. The van der Waals surface area contributed by atoms with Gasteiger partial charge in [0.2, 0.25) is 0 Å². The van der Waals surface area contributed by atoms with E-state index in [1.165, 1.54) is 0 Å². The summed E-state index contributed by atoms with van der Waals surface area (Å²) in [6.07, 6.45) is 0.287. The number of ether oxygens (including phenoxy) is 1. The number of aliphatic imine (C=N–C) groups is 1. The number of carbonyl (C=O) groups is 2. The fourth-order valence-electron chi connectivity index (χ4n) is 2.42. The second-order valence-electron chi connectivity index (χ2n) is 7.77.